The smallest absolute Gasteiger partial charge is 0.307 e. The van der Waals surface area contributed by atoms with E-state index in [1.54, 1.807) is 56.5 Å². The van der Waals surface area contributed by atoms with Crippen LogP contribution in [0.15, 0.2) is 42.5 Å². The molecular weight excluding hydrogens is 437 g/mol. The minimum Gasteiger partial charge on any atom is -0.497 e. The molecule has 1 heterocycles. The molecule has 0 fully saturated rings. The molecule has 0 aliphatic heterocycles. The number of fused-ring (bicyclic) bond motifs is 1. The highest BCUT2D eigenvalue weighted by molar-refractivity contribution is 6.30. The third-order valence-corrected chi connectivity index (χ3v) is 5.42. The summed E-state index contributed by atoms with van der Waals surface area (Å²) in [5, 5.41) is 10.5. The van der Waals surface area contributed by atoms with Gasteiger partial charge in [0.25, 0.3) is 5.91 Å². The van der Waals surface area contributed by atoms with Gasteiger partial charge in [-0.3, -0.25) is 14.2 Å². The van der Waals surface area contributed by atoms with Gasteiger partial charge in [-0.1, -0.05) is 31.4 Å². The van der Waals surface area contributed by atoms with Crippen molar-refractivity contribution in [1.29, 1.82) is 0 Å². The van der Waals surface area contributed by atoms with Gasteiger partial charge < -0.3 is 9.84 Å². The van der Waals surface area contributed by atoms with Crippen molar-refractivity contribution < 1.29 is 19.4 Å². The molecule has 1 N–H and O–H groups in total. The number of nitrogens with zero attached hydrogens (tertiary/aromatic N) is 1. The minimum absolute atomic E-state index is 0.170. The zero-order valence-electron chi connectivity index (χ0n) is 18.0. The van der Waals surface area contributed by atoms with Gasteiger partial charge >= 0.3 is 5.97 Å². The molecule has 0 saturated carbocycles. The van der Waals surface area contributed by atoms with E-state index in [0.717, 1.165) is 5.88 Å². The zero-order chi connectivity index (χ0) is 23.0. The van der Waals surface area contributed by atoms with Crippen LogP contribution >= 0.6 is 23.2 Å². The maximum Gasteiger partial charge on any atom is 0.307 e. The summed E-state index contributed by atoms with van der Waals surface area (Å²) in [6.07, 6.45) is 3.56. The van der Waals surface area contributed by atoms with Crippen LogP contribution in [0.2, 0.25) is 5.02 Å². The summed E-state index contributed by atoms with van der Waals surface area (Å²) in [5.74, 6) is 0.244. The molecule has 3 aromatic rings. The molecule has 0 saturated heterocycles. The number of ether oxygens (including phenoxy) is 1. The van der Waals surface area contributed by atoms with E-state index in [2.05, 4.69) is 6.92 Å². The van der Waals surface area contributed by atoms with Crippen molar-refractivity contribution in [3.63, 3.8) is 0 Å². The number of carbonyl (C=O) groups is 2. The van der Waals surface area contributed by atoms with Crippen LogP contribution in [0.3, 0.4) is 0 Å². The first kappa shape index (κ1) is 24.8. The van der Waals surface area contributed by atoms with Gasteiger partial charge in [0.05, 0.1) is 19.0 Å². The summed E-state index contributed by atoms with van der Waals surface area (Å²) in [7, 11) is 1.54. The molecule has 31 heavy (non-hydrogen) atoms. The normalized spacial score (nSPS) is 10.5. The largest absolute Gasteiger partial charge is 0.497 e. The molecule has 1 aromatic heterocycles. The van der Waals surface area contributed by atoms with Crippen molar-refractivity contribution in [2.75, 3.05) is 13.0 Å². The van der Waals surface area contributed by atoms with Gasteiger partial charge in [0.15, 0.2) is 0 Å². The van der Waals surface area contributed by atoms with E-state index in [1.165, 1.54) is 23.8 Å². The Hall–Kier alpha value is -2.50. The van der Waals surface area contributed by atoms with Crippen molar-refractivity contribution in [2.24, 2.45) is 0 Å². The lowest BCUT2D eigenvalue weighted by Crippen LogP contribution is -2.14. The molecule has 3 rings (SSSR count). The predicted octanol–water partition coefficient (Wildman–Crippen LogP) is 6.34. The Kier molecular flexibility index (Phi) is 9.41. The van der Waals surface area contributed by atoms with Gasteiger partial charge in [0.2, 0.25) is 0 Å². The lowest BCUT2D eigenvalue weighted by molar-refractivity contribution is -0.136. The van der Waals surface area contributed by atoms with Crippen LogP contribution < -0.4 is 4.74 Å². The van der Waals surface area contributed by atoms with Crippen molar-refractivity contribution >= 4 is 46.0 Å². The van der Waals surface area contributed by atoms with Crippen molar-refractivity contribution in [1.82, 2.24) is 4.57 Å². The van der Waals surface area contributed by atoms with Crippen LogP contribution in [0.4, 0.5) is 0 Å². The van der Waals surface area contributed by atoms with Crippen LogP contribution in [0.1, 0.15) is 47.8 Å². The maximum atomic E-state index is 13.0. The number of alkyl halides is 1. The highest BCUT2D eigenvalue weighted by Gasteiger charge is 2.21. The molecule has 166 valence electrons. The molecule has 0 bridgehead atoms. The number of carbonyl (C=O) groups excluding carboxylic acids is 1. The number of aromatic nitrogens is 1. The molecule has 0 radical (unpaired) electrons. The molecule has 0 spiro atoms. The summed E-state index contributed by atoms with van der Waals surface area (Å²) >= 11 is 11.3. The molecule has 0 aliphatic rings. The van der Waals surface area contributed by atoms with Crippen molar-refractivity contribution in [2.45, 2.75) is 39.5 Å². The van der Waals surface area contributed by atoms with Gasteiger partial charge in [-0.2, -0.15) is 0 Å². The van der Waals surface area contributed by atoms with Crippen LogP contribution in [0.5, 0.6) is 5.75 Å². The van der Waals surface area contributed by atoms with Crippen LogP contribution in [-0.4, -0.2) is 34.5 Å². The Morgan fingerprint density at radius 2 is 1.77 bits per heavy atom. The average molecular weight is 464 g/mol. The number of carboxylic acids is 1. The Bertz CT molecular complexity index is 1040. The summed E-state index contributed by atoms with van der Waals surface area (Å²) in [5.41, 5.74) is 2.32. The first-order valence-corrected chi connectivity index (χ1v) is 11.0. The number of hydrogen-bond donors (Lipinski definition) is 1. The number of halogens is 2. The molecular formula is C24H27Cl2NO4. The number of methoxy groups -OCH3 is 1. The molecule has 0 aliphatic carbocycles. The quantitative estimate of drug-likeness (QED) is 0.327. The predicted molar refractivity (Wildman–Crippen MR) is 126 cm³/mol. The Morgan fingerprint density at radius 1 is 1.10 bits per heavy atom. The van der Waals surface area contributed by atoms with E-state index in [9.17, 15) is 14.7 Å². The topological polar surface area (TPSA) is 68.5 Å². The highest BCUT2D eigenvalue weighted by atomic mass is 35.5. The van der Waals surface area contributed by atoms with Gasteiger partial charge in [-0.25, -0.2) is 0 Å². The fourth-order valence-electron chi connectivity index (χ4n) is 3.29. The fraction of sp³-hybridized carbons (Fsp3) is 0.333. The van der Waals surface area contributed by atoms with Gasteiger partial charge in [0.1, 0.15) is 5.75 Å². The SMILES string of the molecule is CCCCCCl.COc1ccc2c(c1)c(CC(=O)O)c(C)n2C(=O)c1ccc(Cl)cc1. The monoisotopic (exact) mass is 463 g/mol. The van der Waals surface area contributed by atoms with Crippen molar-refractivity contribution in [3.05, 3.63) is 64.3 Å². The second-order valence-corrected chi connectivity index (χ2v) is 7.88. The maximum absolute atomic E-state index is 13.0. The Balaban J connectivity index is 0.000000501. The van der Waals surface area contributed by atoms with E-state index in [0.29, 0.717) is 38.5 Å². The van der Waals surface area contributed by atoms with E-state index >= 15 is 0 Å². The van der Waals surface area contributed by atoms with Gasteiger partial charge in [-0.15, -0.1) is 11.6 Å². The summed E-state index contributed by atoms with van der Waals surface area (Å²) in [6.45, 7) is 3.92. The van der Waals surface area contributed by atoms with E-state index in [4.69, 9.17) is 27.9 Å². The van der Waals surface area contributed by atoms with E-state index < -0.39 is 5.97 Å². The van der Waals surface area contributed by atoms with Crippen LogP contribution in [-0.2, 0) is 11.2 Å². The second-order valence-electron chi connectivity index (χ2n) is 7.06. The zero-order valence-corrected chi connectivity index (χ0v) is 19.5. The molecule has 0 atom stereocenters. The number of carboxylic acid groups (broad SMARTS) is 1. The Labute approximate surface area is 192 Å². The van der Waals surface area contributed by atoms with Crippen molar-refractivity contribution in [3.8, 4) is 5.75 Å². The third-order valence-electron chi connectivity index (χ3n) is 4.90. The van der Waals surface area contributed by atoms with Crippen LogP contribution in [0, 0.1) is 6.92 Å². The number of unbranched alkanes of at least 4 members (excludes halogenated alkanes) is 2. The van der Waals surface area contributed by atoms with Crippen LogP contribution in [0.25, 0.3) is 10.9 Å². The molecule has 0 amide bonds. The third kappa shape index (κ3) is 6.25. The molecule has 0 unspecified atom stereocenters. The standard InChI is InChI=1S/C19H16ClNO4.C5H11Cl/c1-11-15(10-18(22)23)16-9-14(25-2)7-8-17(16)21(11)19(24)12-3-5-13(20)6-4-12;1-2-3-4-5-6/h3-9H,10H2,1-2H3,(H,22,23);2-5H2,1H3. The number of benzene rings is 2. The number of aliphatic carboxylic acids is 1. The summed E-state index contributed by atoms with van der Waals surface area (Å²) in [4.78, 5) is 24.3. The van der Waals surface area contributed by atoms with Gasteiger partial charge in [0, 0.05) is 27.5 Å². The summed E-state index contributed by atoms with van der Waals surface area (Å²) in [6, 6.07) is 11.9. The minimum atomic E-state index is -0.955. The van der Waals surface area contributed by atoms with E-state index in [1.807, 2.05) is 0 Å². The Morgan fingerprint density at radius 3 is 2.29 bits per heavy atom. The first-order chi connectivity index (χ1) is 14.8. The number of hydrogen-bond acceptors (Lipinski definition) is 3. The molecule has 2 aromatic carbocycles. The van der Waals surface area contributed by atoms with Gasteiger partial charge in [-0.05, 0) is 61.4 Å². The molecule has 5 nitrogen and oxygen atoms in total. The van der Waals surface area contributed by atoms with E-state index in [-0.39, 0.29) is 12.3 Å². The number of rotatable bonds is 7. The first-order valence-electron chi connectivity index (χ1n) is 10.1. The lowest BCUT2D eigenvalue weighted by atomic mass is 10.1. The molecule has 7 heteroatoms. The summed E-state index contributed by atoms with van der Waals surface area (Å²) < 4.78 is 6.77. The second kappa shape index (κ2) is 11.8. The lowest BCUT2D eigenvalue weighted by Gasteiger charge is -2.08. The average Bonchev–Trinajstić information content (AvgIpc) is 3.03. The highest BCUT2D eigenvalue weighted by Crippen LogP contribution is 2.30. The fourth-order valence-corrected chi connectivity index (χ4v) is 3.61.